The molecule has 361 valence electrons. The van der Waals surface area contributed by atoms with Gasteiger partial charge in [-0.05, 0) is 98.7 Å². The maximum Gasteiger partial charge on any atom is 0.121 e. The predicted octanol–water partition coefficient (Wildman–Crippen LogP) is 17.5. The molecule has 10 aromatic rings. The van der Waals surface area contributed by atoms with Crippen molar-refractivity contribution < 1.29 is 31.4 Å². The van der Waals surface area contributed by atoms with E-state index in [0.717, 1.165) is 86.4 Å². The van der Waals surface area contributed by atoms with Gasteiger partial charge in [-0.15, -0.1) is 53.6 Å². The molecule has 1 radical (unpaired) electrons. The van der Waals surface area contributed by atoms with Gasteiger partial charge in [0.1, 0.15) is 5.58 Å². The molecule has 0 N–H and O–H groups in total. The largest absolute Gasteiger partial charge is 0.501 e. The normalized spacial score (nSPS) is 14.6. The van der Waals surface area contributed by atoms with Crippen molar-refractivity contribution in [2.24, 2.45) is 5.92 Å². The Bertz CT molecular complexity index is 3620. The Labute approximate surface area is 443 Å². The van der Waals surface area contributed by atoms with E-state index in [2.05, 4.69) is 184 Å². The fraction of sp³-hybridized carbons (Fsp3) is 0.262. The van der Waals surface area contributed by atoms with E-state index in [4.69, 9.17) is 16.3 Å². The molecule has 3 aromatic heterocycles. The number of nitrogens with zero attached hydrogens (tertiary/aromatic N) is 3. The topological polar surface area (TPSA) is 43.9 Å². The minimum atomic E-state index is -2.16. The zero-order valence-corrected chi connectivity index (χ0v) is 45.3. The summed E-state index contributed by atoms with van der Waals surface area (Å²) in [6.45, 7) is 13.7. The Kier molecular flexibility index (Phi) is 13.1. The van der Waals surface area contributed by atoms with Gasteiger partial charge in [0.25, 0.3) is 0 Å². The van der Waals surface area contributed by atoms with Crippen LogP contribution in [0, 0.1) is 24.9 Å². The molecule has 0 bridgehead atoms. The van der Waals surface area contributed by atoms with E-state index >= 15 is 0 Å². The summed E-state index contributed by atoms with van der Waals surface area (Å²) in [5.41, 5.74) is 15.4. The molecule has 11 rings (SSSR count). The minimum absolute atomic E-state index is 0. The average molecular weight is 1130 g/mol. The van der Waals surface area contributed by atoms with Crippen LogP contribution >= 0.6 is 0 Å². The number of imidazole rings is 1. The van der Waals surface area contributed by atoms with Crippen LogP contribution in [-0.4, -0.2) is 22.6 Å². The maximum absolute atomic E-state index is 9.03. The molecule has 3 heterocycles. The van der Waals surface area contributed by atoms with E-state index in [1.807, 2.05) is 24.4 Å². The van der Waals surface area contributed by atoms with Crippen molar-refractivity contribution >= 4 is 46.2 Å². The molecule has 71 heavy (non-hydrogen) atoms. The number of fused-ring (bicyclic) bond motifs is 4. The number of aromatic nitrogens is 3. The monoisotopic (exact) mass is 1130 g/mol. The van der Waals surface area contributed by atoms with E-state index in [1.54, 1.807) is 12.1 Å². The number of para-hydroxylation sites is 2. The number of pyridine rings is 1. The van der Waals surface area contributed by atoms with Crippen molar-refractivity contribution in [2.75, 3.05) is 0 Å². The average Bonchev–Trinajstić information content (AvgIpc) is 3.99. The second kappa shape index (κ2) is 21.3. The maximum atomic E-state index is 9.03. The summed E-state index contributed by atoms with van der Waals surface area (Å²) in [6, 6.07) is 58.2. The van der Waals surface area contributed by atoms with Crippen LogP contribution < -0.4 is 5.19 Å². The van der Waals surface area contributed by atoms with Gasteiger partial charge in [-0.25, -0.2) is 0 Å². The van der Waals surface area contributed by atoms with Crippen LogP contribution in [0.15, 0.2) is 162 Å². The van der Waals surface area contributed by atoms with Crippen molar-refractivity contribution in [1.29, 1.82) is 0 Å². The molecule has 4 nitrogen and oxygen atoms in total. The SMILES string of the molecule is CC(C)c1cc(-c2ccccc2)cc(C(C)C)c1-n1c(-c2[c-]ccc3c2oc2cc(-c4ccccc4)ccc23)nc2ccccc21.[2H]C([2H])([2H])c1c[c-]c(-c2cc(C([2H])([2H])C3CCCCC3)c([Si](C)(C)C)cn2)cc1.[Ir]. The first-order valence-corrected chi connectivity index (χ1v) is 28.6. The fourth-order valence-corrected chi connectivity index (χ4v) is 11.5. The molecule has 6 heteroatoms. The number of benzene rings is 7. The summed E-state index contributed by atoms with van der Waals surface area (Å²) in [5, 5.41) is 3.22. The van der Waals surface area contributed by atoms with Gasteiger partial charge in [0.2, 0.25) is 0 Å². The molecule has 0 amide bonds. The van der Waals surface area contributed by atoms with Gasteiger partial charge in [-0.2, -0.15) is 0 Å². The second-order valence-electron chi connectivity index (χ2n) is 20.5. The van der Waals surface area contributed by atoms with Crippen molar-refractivity contribution in [3.05, 3.63) is 192 Å². The Morgan fingerprint density at radius 3 is 2.04 bits per heavy atom. The van der Waals surface area contributed by atoms with Crippen LogP contribution in [0.4, 0.5) is 0 Å². The molecule has 0 aliphatic heterocycles. The van der Waals surface area contributed by atoms with Gasteiger partial charge in [0.15, 0.2) is 0 Å². The molecule has 0 saturated heterocycles. The smallest absolute Gasteiger partial charge is 0.121 e. The molecule has 0 spiro atoms. The first-order valence-electron chi connectivity index (χ1n) is 27.6. The summed E-state index contributed by atoms with van der Waals surface area (Å²) in [6.07, 6.45) is 5.68. The number of hydrogen-bond acceptors (Lipinski definition) is 3. The summed E-state index contributed by atoms with van der Waals surface area (Å²) in [4.78, 5) is 9.92. The summed E-state index contributed by atoms with van der Waals surface area (Å²) < 4.78 is 49.7. The molecule has 1 aliphatic carbocycles. The van der Waals surface area contributed by atoms with Crippen LogP contribution in [0.3, 0.4) is 0 Å². The zero-order valence-electron chi connectivity index (χ0n) is 46.9. The minimum Gasteiger partial charge on any atom is -0.501 e. The van der Waals surface area contributed by atoms with Gasteiger partial charge >= 0.3 is 0 Å². The van der Waals surface area contributed by atoms with Crippen LogP contribution in [0.1, 0.15) is 101 Å². The Balaban J connectivity index is 0.000000204. The molecule has 1 saturated carbocycles. The van der Waals surface area contributed by atoms with E-state index in [1.165, 1.54) is 46.0 Å². The summed E-state index contributed by atoms with van der Waals surface area (Å²) >= 11 is 0. The Hall–Kier alpha value is -6.17. The molecule has 0 atom stereocenters. The molecular weight excluding hydrogens is 1060 g/mol. The van der Waals surface area contributed by atoms with Gasteiger partial charge in [0, 0.05) is 44.2 Å². The quantitative estimate of drug-likeness (QED) is 0.101. The zero-order chi connectivity index (χ0) is 52.8. The van der Waals surface area contributed by atoms with Gasteiger partial charge in [-0.3, -0.25) is 4.98 Å². The predicted molar refractivity (Wildman–Crippen MR) is 298 cm³/mol. The van der Waals surface area contributed by atoms with Crippen molar-refractivity contribution in [1.82, 2.24) is 14.5 Å². The van der Waals surface area contributed by atoms with Crippen molar-refractivity contribution in [3.63, 3.8) is 0 Å². The van der Waals surface area contributed by atoms with Gasteiger partial charge in [0.05, 0.1) is 30.5 Å². The molecule has 1 aliphatic rings. The van der Waals surface area contributed by atoms with E-state index < -0.39 is 21.3 Å². The third-order valence-corrected chi connectivity index (χ3v) is 15.8. The standard InChI is InChI=1S/C43H35N2O.C22H30NSi.Ir/c1-27(2)36-24-32(30-16-9-6-10-17-30)25-37(28(3)4)41(36)45-39-21-12-11-20-38(39)44-43(45)35-19-13-18-34-33-23-22-31(26-40(33)46-42(34)35)29-14-7-5-8-15-29;1-17-10-12-19(13-11-17)21-15-20(14-18-8-6-5-7-9-18)22(16-23-21)24(2,3)4;/h5-18,20-28H,1-4H3;10-12,15-16,18H,5-9,14H2,1-4H3;/q2*-1;/i;1D3,14D2;. The Morgan fingerprint density at radius 1 is 0.718 bits per heavy atom. The third kappa shape index (κ3) is 10.4. The second-order valence-corrected chi connectivity index (χ2v) is 25.6. The third-order valence-electron chi connectivity index (χ3n) is 13.8. The van der Waals surface area contributed by atoms with Gasteiger partial charge in [-0.1, -0.05) is 194 Å². The molecular formula is C65H65IrN3OSi-2. The van der Waals surface area contributed by atoms with Crippen molar-refractivity contribution in [3.8, 4) is 50.6 Å². The molecule has 7 aromatic carbocycles. The van der Waals surface area contributed by atoms with E-state index in [0.29, 0.717) is 11.3 Å². The van der Waals surface area contributed by atoms with E-state index in [9.17, 15) is 0 Å². The van der Waals surface area contributed by atoms with Crippen molar-refractivity contribution in [2.45, 2.75) is 105 Å². The molecule has 0 unspecified atom stereocenters. The number of aryl methyl sites for hydroxylation is 1. The number of rotatable bonds is 10. The number of furan rings is 1. The summed E-state index contributed by atoms with van der Waals surface area (Å²) in [5.74, 6) is 1.44. The van der Waals surface area contributed by atoms with Crippen LogP contribution in [0.25, 0.3) is 83.6 Å². The first-order chi connectivity index (χ1) is 35.9. The number of hydrogen-bond donors (Lipinski definition) is 0. The molecule has 1 fully saturated rings. The Morgan fingerprint density at radius 2 is 1.39 bits per heavy atom. The van der Waals surface area contributed by atoms with Crippen LogP contribution in [-0.2, 0) is 26.5 Å². The van der Waals surface area contributed by atoms with Crippen LogP contribution in [0.5, 0.6) is 0 Å². The van der Waals surface area contributed by atoms with Crippen LogP contribution in [0.2, 0.25) is 19.6 Å². The summed E-state index contributed by atoms with van der Waals surface area (Å²) in [7, 11) is -1.80. The van der Waals surface area contributed by atoms with Gasteiger partial charge < -0.3 is 14.0 Å². The first kappa shape index (κ1) is 43.6. The fourth-order valence-electron chi connectivity index (χ4n) is 10.1. The van der Waals surface area contributed by atoms with E-state index in [-0.39, 0.29) is 43.4 Å².